The Balaban J connectivity index is 1.87. The van der Waals surface area contributed by atoms with Gasteiger partial charge in [-0.05, 0) is 50.6 Å². The maximum atomic E-state index is 13.0. The van der Waals surface area contributed by atoms with E-state index < -0.39 is 0 Å². The smallest absolute Gasteiger partial charge is 0.267 e. The van der Waals surface area contributed by atoms with Gasteiger partial charge in [-0.25, -0.2) is 9.97 Å². The second-order valence-electron chi connectivity index (χ2n) is 6.57. The highest BCUT2D eigenvalue weighted by molar-refractivity contribution is 9.10. The lowest BCUT2D eigenvalue weighted by atomic mass is 10.2. The molecule has 0 spiro atoms. The van der Waals surface area contributed by atoms with E-state index >= 15 is 0 Å². The highest BCUT2D eigenvalue weighted by atomic mass is 79.9. The first-order chi connectivity index (χ1) is 13.0. The highest BCUT2D eigenvalue weighted by Gasteiger charge is 2.14. The second kappa shape index (κ2) is 6.70. The van der Waals surface area contributed by atoms with Gasteiger partial charge in [-0.3, -0.25) is 9.36 Å². The molecule has 27 heavy (non-hydrogen) atoms. The van der Waals surface area contributed by atoms with Crippen LogP contribution in [0.4, 0.5) is 0 Å². The lowest BCUT2D eigenvalue weighted by Crippen LogP contribution is -2.20. The molecule has 1 aromatic carbocycles. The van der Waals surface area contributed by atoms with Crippen molar-refractivity contribution < 1.29 is 0 Å². The van der Waals surface area contributed by atoms with E-state index in [0.29, 0.717) is 28.2 Å². The molecule has 3 heterocycles. The molecule has 0 saturated carbocycles. The molecular weight excluding hydrogens is 408 g/mol. The maximum Gasteiger partial charge on any atom is 0.267 e. The predicted molar refractivity (Wildman–Crippen MR) is 107 cm³/mol. The molecule has 0 N–H and O–H groups in total. The minimum Gasteiger partial charge on any atom is -0.310 e. The van der Waals surface area contributed by atoms with E-state index in [-0.39, 0.29) is 11.6 Å². The first-order valence-electron chi connectivity index (χ1n) is 8.50. The van der Waals surface area contributed by atoms with Crippen LogP contribution in [0.25, 0.3) is 28.2 Å². The molecule has 0 amide bonds. The predicted octanol–water partition coefficient (Wildman–Crippen LogP) is 3.69. The monoisotopic (exact) mass is 424 g/mol. The summed E-state index contributed by atoms with van der Waals surface area (Å²) in [5.41, 5.74) is 2.17. The Labute approximate surface area is 163 Å². The number of rotatable bonds is 3. The molecule has 0 aliphatic rings. The Hall–Kier alpha value is -2.87. The SMILES string of the molecule is Cc1cc2ncn(-c3cccc(-c4nncn4C(C)C)n3)c(=O)c2cc1Br. The summed E-state index contributed by atoms with van der Waals surface area (Å²) in [4.78, 5) is 22.0. The number of hydrogen-bond acceptors (Lipinski definition) is 5. The Morgan fingerprint density at radius 3 is 2.74 bits per heavy atom. The molecule has 0 bridgehead atoms. The van der Waals surface area contributed by atoms with Crippen molar-refractivity contribution in [3.05, 3.63) is 63.4 Å². The van der Waals surface area contributed by atoms with Gasteiger partial charge in [0, 0.05) is 10.5 Å². The third-order valence-corrected chi connectivity index (χ3v) is 5.23. The van der Waals surface area contributed by atoms with Crippen molar-refractivity contribution >= 4 is 26.8 Å². The molecule has 136 valence electrons. The molecule has 8 heteroatoms. The van der Waals surface area contributed by atoms with Crippen LogP contribution in [-0.4, -0.2) is 29.3 Å². The summed E-state index contributed by atoms with van der Waals surface area (Å²) in [5.74, 6) is 1.15. The molecule has 4 aromatic rings. The summed E-state index contributed by atoms with van der Waals surface area (Å²) in [5, 5.41) is 8.70. The zero-order valence-corrected chi connectivity index (χ0v) is 16.7. The normalized spacial score (nSPS) is 11.4. The summed E-state index contributed by atoms with van der Waals surface area (Å²) >= 11 is 3.48. The summed E-state index contributed by atoms with van der Waals surface area (Å²) in [7, 11) is 0. The van der Waals surface area contributed by atoms with Gasteiger partial charge in [0.15, 0.2) is 5.82 Å². The molecule has 0 atom stereocenters. The maximum absolute atomic E-state index is 13.0. The largest absolute Gasteiger partial charge is 0.310 e. The summed E-state index contributed by atoms with van der Waals surface area (Å²) in [6, 6.07) is 9.36. The van der Waals surface area contributed by atoms with E-state index in [1.807, 2.05) is 43.5 Å². The fraction of sp³-hybridized carbons (Fsp3) is 0.211. The quantitative estimate of drug-likeness (QED) is 0.500. The van der Waals surface area contributed by atoms with Crippen LogP contribution in [-0.2, 0) is 0 Å². The van der Waals surface area contributed by atoms with Crippen molar-refractivity contribution in [2.45, 2.75) is 26.8 Å². The number of benzene rings is 1. The topological polar surface area (TPSA) is 78.5 Å². The van der Waals surface area contributed by atoms with Crippen molar-refractivity contribution in [2.75, 3.05) is 0 Å². The Morgan fingerprint density at radius 1 is 1.15 bits per heavy atom. The Kier molecular flexibility index (Phi) is 4.35. The van der Waals surface area contributed by atoms with Crippen molar-refractivity contribution in [1.82, 2.24) is 29.3 Å². The molecule has 4 rings (SSSR count). The molecule has 0 aliphatic heterocycles. The van der Waals surface area contributed by atoms with Crippen LogP contribution < -0.4 is 5.56 Å². The van der Waals surface area contributed by atoms with Crippen LogP contribution in [0.2, 0.25) is 0 Å². The Morgan fingerprint density at radius 2 is 1.96 bits per heavy atom. The van der Waals surface area contributed by atoms with Gasteiger partial charge in [0.2, 0.25) is 0 Å². The van der Waals surface area contributed by atoms with Gasteiger partial charge < -0.3 is 4.57 Å². The van der Waals surface area contributed by atoms with Gasteiger partial charge in [0.25, 0.3) is 5.56 Å². The minimum atomic E-state index is -0.171. The third kappa shape index (κ3) is 3.06. The number of hydrogen-bond donors (Lipinski definition) is 0. The van der Waals surface area contributed by atoms with Crippen LogP contribution in [0.1, 0.15) is 25.5 Å². The van der Waals surface area contributed by atoms with Crippen LogP contribution in [0, 0.1) is 6.92 Å². The number of aromatic nitrogens is 6. The fourth-order valence-corrected chi connectivity index (χ4v) is 3.24. The van der Waals surface area contributed by atoms with Crippen LogP contribution >= 0.6 is 15.9 Å². The van der Waals surface area contributed by atoms with E-state index in [2.05, 4.69) is 36.1 Å². The van der Waals surface area contributed by atoms with Gasteiger partial charge in [0.05, 0.1) is 10.9 Å². The zero-order chi connectivity index (χ0) is 19.1. The van der Waals surface area contributed by atoms with Crippen molar-refractivity contribution in [2.24, 2.45) is 0 Å². The Bertz CT molecular complexity index is 1210. The number of halogens is 1. The molecule has 0 fully saturated rings. The lowest BCUT2D eigenvalue weighted by Gasteiger charge is -2.11. The molecule has 0 radical (unpaired) electrons. The van der Waals surface area contributed by atoms with E-state index in [1.54, 1.807) is 18.5 Å². The van der Waals surface area contributed by atoms with Gasteiger partial charge >= 0.3 is 0 Å². The van der Waals surface area contributed by atoms with Crippen molar-refractivity contribution in [3.8, 4) is 17.3 Å². The van der Waals surface area contributed by atoms with E-state index in [4.69, 9.17) is 0 Å². The first-order valence-corrected chi connectivity index (χ1v) is 9.30. The summed E-state index contributed by atoms with van der Waals surface area (Å²) in [6.45, 7) is 6.06. The molecular formula is C19H17BrN6O. The van der Waals surface area contributed by atoms with E-state index in [0.717, 1.165) is 10.0 Å². The average Bonchev–Trinajstić information content (AvgIpc) is 3.14. The molecule has 0 aliphatic carbocycles. The number of fused-ring (bicyclic) bond motifs is 1. The van der Waals surface area contributed by atoms with Crippen molar-refractivity contribution in [1.29, 1.82) is 0 Å². The van der Waals surface area contributed by atoms with E-state index in [9.17, 15) is 4.79 Å². The molecule has 7 nitrogen and oxygen atoms in total. The zero-order valence-electron chi connectivity index (χ0n) is 15.1. The first kappa shape index (κ1) is 17.5. The van der Waals surface area contributed by atoms with E-state index in [1.165, 1.54) is 10.9 Å². The fourth-order valence-electron chi connectivity index (χ4n) is 2.90. The standard InChI is InChI=1S/C19H17BrN6O/c1-11(2)25-10-22-24-18(25)15-5-4-6-17(23-15)26-9-21-16-7-12(3)14(20)8-13(16)19(26)27/h4-11H,1-3H3. The van der Waals surface area contributed by atoms with Crippen LogP contribution in [0.15, 0.2) is 52.3 Å². The van der Waals surface area contributed by atoms with Gasteiger partial charge in [0.1, 0.15) is 24.2 Å². The number of aryl methyl sites for hydroxylation is 1. The second-order valence-corrected chi connectivity index (χ2v) is 7.43. The third-order valence-electron chi connectivity index (χ3n) is 4.38. The van der Waals surface area contributed by atoms with Crippen LogP contribution in [0.5, 0.6) is 0 Å². The number of nitrogens with zero attached hydrogens (tertiary/aromatic N) is 6. The summed E-state index contributed by atoms with van der Waals surface area (Å²) < 4.78 is 4.26. The van der Waals surface area contributed by atoms with Gasteiger partial charge in [-0.1, -0.05) is 22.0 Å². The van der Waals surface area contributed by atoms with Crippen LogP contribution in [0.3, 0.4) is 0 Å². The lowest BCUT2D eigenvalue weighted by molar-refractivity contribution is 0.603. The molecule has 0 unspecified atom stereocenters. The highest BCUT2D eigenvalue weighted by Crippen LogP contribution is 2.22. The molecule has 0 saturated heterocycles. The van der Waals surface area contributed by atoms with Gasteiger partial charge in [-0.2, -0.15) is 0 Å². The summed E-state index contributed by atoms with van der Waals surface area (Å²) in [6.07, 6.45) is 3.19. The average molecular weight is 425 g/mol. The number of pyridine rings is 1. The molecule has 3 aromatic heterocycles. The van der Waals surface area contributed by atoms with Gasteiger partial charge in [-0.15, -0.1) is 10.2 Å². The van der Waals surface area contributed by atoms with Crippen molar-refractivity contribution in [3.63, 3.8) is 0 Å². The minimum absolute atomic E-state index is 0.171.